The third-order valence-corrected chi connectivity index (χ3v) is 4.86. The Morgan fingerprint density at radius 1 is 0.833 bits per heavy atom. The molecule has 0 bridgehead atoms. The summed E-state index contributed by atoms with van der Waals surface area (Å²) < 4.78 is 0. The standard InChI is InChI=1S/C25H25N5/c1-2-30(19-20-10-5-3-6-11-20)24-16-23(27-18-21-12-9-15-26-17-21)28-25(29-24)22-13-7-4-8-14-22/h3-17H,2,18-19H2,1H3,(H,27,28,29). The minimum Gasteiger partial charge on any atom is -0.366 e. The smallest absolute Gasteiger partial charge is 0.163 e. The highest BCUT2D eigenvalue weighted by Gasteiger charge is 2.12. The van der Waals surface area contributed by atoms with Gasteiger partial charge in [-0.3, -0.25) is 4.98 Å². The van der Waals surface area contributed by atoms with E-state index in [2.05, 4.69) is 46.4 Å². The van der Waals surface area contributed by atoms with Crippen molar-refractivity contribution in [3.8, 4) is 11.4 Å². The molecule has 2 heterocycles. The Kier molecular flexibility index (Phi) is 6.30. The van der Waals surface area contributed by atoms with Crippen molar-refractivity contribution in [3.05, 3.63) is 102 Å². The Morgan fingerprint density at radius 3 is 2.27 bits per heavy atom. The molecule has 5 nitrogen and oxygen atoms in total. The summed E-state index contributed by atoms with van der Waals surface area (Å²) in [7, 11) is 0. The molecular weight excluding hydrogens is 370 g/mol. The summed E-state index contributed by atoms with van der Waals surface area (Å²) in [4.78, 5) is 16.1. The van der Waals surface area contributed by atoms with Crippen LogP contribution in [0, 0.1) is 0 Å². The molecule has 0 unspecified atom stereocenters. The fourth-order valence-corrected chi connectivity index (χ4v) is 3.26. The third kappa shape index (κ3) is 5.00. The van der Waals surface area contributed by atoms with Gasteiger partial charge in [-0.2, -0.15) is 0 Å². The van der Waals surface area contributed by atoms with Crippen LogP contribution in [0.5, 0.6) is 0 Å². The van der Waals surface area contributed by atoms with Crippen LogP contribution in [-0.4, -0.2) is 21.5 Å². The van der Waals surface area contributed by atoms with Gasteiger partial charge < -0.3 is 10.2 Å². The first-order chi connectivity index (χ1) is 14.8. The summed E-state index contributed by atoms with van der Waals surface area (Å²) in [5.74, 6) is 2.42. The van der Waals surface area contributed by atoms with E-state index in [-0.39, 0.29) is 0 Å². The predicted molar refractivity (Wildman–Crippen MR) is 122 cm³/mol. The van der Waals surface area contributed by atoms with E-state index in [0.29, 0.717) is 12.4 Å². The minimum absolute atomic E-state index is 0.656. The molecule has 30 heavy (non-hydrogen) atoms. The molecular formula is C25H25N5. The largest absolute Gasteiger partial charge is 0.366 e. The number of nitrogens with one attached hydrogen (secondary N) is 1. The number of benzene rings is 2. The van der Waals surface area contributed by atoms with Crippen LogP contribution in [0.15, 0.2) is 91.3 Å². The summed E-state index contributed by atoms with van der Waals surface area (Å²) in [6.45, 7) is 4.45. The maximum Gasteiger partial charge on any atom is 0.163 e. The maximum atomic E-state index is 4.89. The van der Waals surface area contributed by atoms with Gasteiger partial charge in [0.15, 0.2) is 5.82 Å². The highest BCUT2D eigenvalue weighted by Crippen LogP contribution is 2.24. The van der Waals surface area contributed by atoms with Gasteiger partial charge in [0.05, 0.1) is 0 Å². The van der Waals surface area contributed by atoms with E-state index >= 15 is 0 Å². The van der Waals surface area contributed by atoms with Crippen molar-refractivity contribution >= 4 is 11.6 Å². The van der Waals surface area contributed by atoms with E-state index in [4.69, 9.17) is 9.97 Å². The predicted octanol–water partition coefficient (Wildman–Crippen LogP) is 5.18. The summed E-state index contributed by atoms with van der Waals surface area (Å²) in [5, 5.41) is 3.44. The molecule has 5 heteroatoms. The average molecular weight is 396 g/mol. The van der Waals surface area contributed by atoms with Crippen molar-refractivity contribution in [1.82, 2.24) is 15.0 Å². The van der Waals surface area contributed by atoms with Gasteiger partial charge in [0.2, 0.25) is 0 Å². The molecule has 150 valence electrons. The van der Waals surface area contributed by atoms with Crippen molar-refractivity contribution in [1.29, 1.82) is 0 Å². The third-order valence-electron chi connectivity index (χ3n) is 4.86. The first-order valence-corrected chi connectivity index (χ1v) is 10.2. The molecule has 0 atom stereocenters. The lowest BCUT2D eigenvalue weighted by atomic mass is 10.2. The van der Waals surface area contributed by atoms with E-state index in [1.165, 1.54) is 5.56 Å². The molecule has 1 N–H and O–H groups in total. The highest BCUT2D eigenvalue weighted by molar-refractivity contribution is 5.62. The van der Waals surface area contributed by atoms with Gasteiger partial charge >= 0.3 is 0 Å². The number of nitrogens with zero attached hydrogens (tertiary/aromatic N) is 4. The highest BCUT2D eigenvalue weighted by atomic mass is 15.2. The molecule has 0 amide bonds. The second-order valence-electron chi connectivity index (χ2n) is 7.02. The van der Waals surface area contributed by atoms with Crippen molar-refractivity contribution in [2.24, 2.45) is 0 Å². The first kappa shape index (κ1) is 19.6. The average Bonchev–Trinajstić information content (AvgIpc) is 2.83. The van der Waals surface area contributed by atoms with Gasteiger partial charge in [0.25, 0.3) is 0 Å². The molecule has 2 aromatic carbocycles. The van der Waals surface area contributed by atoms with Crippen LogP contribution < -0.4 is 10.2 Å². The SMILES string of the molecule is CCN(Cc1ccccc1)c1cc(NCc2cccnc2)nc(-c2ccccc2)n1. The van der Waals surface area contributed by atoms with E-state index in [1.807, 2.05) is 60.8 Å². The zero-order chi connectivity index (χ0) is 20.6. The van der Waals surface area contributed by atoms with Crippen LogP contribution in [0.1, 0.15) is 18.1 Å². The van der Waals surface area contributed by atoms with Crippen LogP contribution in [-0.2, 0) is 13.1 Å². The molecule has 0 aliphatic rings. The Balaban J connectivity index is 1.65. The molecule has 0 aliphatic heterocycles. The molecule has 4 rings (SSSR count). The van der Waals surface area contributed by atoms with Gasteiger partial charge in [0.1, 0.15) is 11.6 Å². The maximum absolute atomic E-state index is 4.89. The Bertz CT molecular complexity index is 1050. The second-order valence-corrected chi connectivity index (χ2v) is 7.02. The summed E-state index contributed by atoms with van der Waals surface area (Å²) in [6.07, 6.45) is 3.64. The summed E-state index contributed by atoms with van der Waals surface area (Å²) in [6, 6.07) is 26.6. The number of hydrogen-bond acceptors (Lipinski definition) is 5. The minimum atomic E-state index is 0.656. The first-order valence-electron chi connectivity index (χ1n) is 10.2. The van der Waals surface area contributed by atoms with Crippen LogP contribution in [0.4, 0.5) is 11.6 Å². The zero-order valence-corrected chi connectivity index (χ0v) is 17.1. The quantitative estimate of drug-likeness (QED) is 0.446. The van der Waals surface area contributed by atoms with E-state index in [0.717, 1.165) is 35.9 Å². The molecule has 4 aromatic rings. The number of rotatable bonds is 8. The van der Waals surface area contributed by atoms with Crippen LogP contribution in [0.3, 0.4) is 0 Å². The van der Waals surface area contributed by atoms with E-state index in [9.17, 15) is 0 Å². The van der Waals surface area contributed by atoms with Gasteiger partial charge in [-0.05, 0) is 24.1 Å². The molecule has 2 aromatic heterocycles. The van der Waals surface area contributed by atoms with Gasteiger partial charge in [-0.15, -0.1) is 0 Å². The Morgan fingerprint density at radius 2 is 1.57 bits per heavy atom. The molecule has 0 saturated heterocycles. The van der Waals surface area contributed by atoms with Crippen LogP contribution >= 0.6 is 0 Å². The lowest BCUT2D eigenvalue weighted by Gasteiger charge is -2.23. The number of anilines is 2. The fraction of sp³-hybridized carbons (Fsp3) is 0.160. The van der Waals surface area contributed by atoms with Gasteiger partial charge in [0, 0.05) is 43.7 Å². The molecule has 0 spiro atoms. The summed E-state index contributed by atoms with van der Waals surface area (Å²) in [5.41, 5.74) is 3.36. The molecule has 0 saturated carbocycles. The Hall–Kier alpha value is -3.73. The van der Waals surface area contributed by atoms with Gasteiger partial charge in [-0.1, -0.05) is 66.7 Å². The molecule has 0 fully saturated rings. The second kappa shape index (κ2) is 9.65. The lowest BCUT2D eigenvalue weighted by Crippen LogP contribution is -2.23. The van der Waals surface area contributed by atoms with Crippen molar-refractivity contribution < 1.29 is 0 Å². The normalized spacial score (nSPS) is 10.6. The van der Waals surface area contributed by atoms with Gasteiger partial charge in [-0.25, -0.2) is 9.97 Å². The number of pyridine rings is 1. The molecule has 0 radical (unpaired) electrons. The number of hydrogen-bond donors (Lipinski definition) is 1. The molecule has 0 aliphatic carbocycles. The Labute approximate surface area is 177 Å². The summed E-state index contributed by atoms with van der Waals surface area (Å²) >= 11 is 0. The van der Waals surface area contributed by atoms with E-state index in [1.54, 1.807) is 6.20 Å². The van der Waals surface area contributed by atoms with E-state index < -0.39 is 0 Å². The van der Waals surface area contributed by atoms with Crippen molar-refractivity contribution in [3.63, 3.8) is 0 Å². The van der Waals surface area contributed by atoms with Crippen molar-refractivity contribution in [2.75, 3.05) is 16.8 Å². The topological polar surface area (TPSA) is 53.9 Å². The fourth-order valence-electron chi connectivity index (χ4n) is 3.26. The van der Waals surface area contributed by atoms with Crippen LogP contribution in [0.2, 0.25) is 0 Å². The number of aromatic nitrogens is 3. The monoisotopic (exact) mass is 395 g/mol. The zero-order valence-electron chi connectivity index (χ0n) is 17.1. The van der Waals surface area contributed by atoms with Crippen LogP contribution in [0.25, 0.3) is 11.4 Å². The van der Waals surface area contributed by atoms with Crippen molar-refractivity contribution in [2.45, 2.75) is 20.0 Å². The lowest BCUT2D eigenvalue weighted by molar-refractivity contribution is 0.811.